The van der Waals surface area contributed by atoms with Crippen LogP contribution in [0.4, 0.5) is 5.69 Å². The second-order valence-corrected chi connectivity index (χ2v) is 8.40. The number of fused-ring (bicyclic) bond motifs is 1. The summed E-state index contributed by atoms with van der Waals surface area (Å²) in [6, 6.07) is 12.3. The van der Waals surface area contributed by atoms with Crippen LogP contribution < -0.4 is 14.8 Å². The van der Waals surface area contributed by atoms with Gasteiger partial charge < -0.3 is 19.5 Å². The maximum Gasteiger partial charge on any atom is 0.340 e. The number of esters is 1. The van der Waals surface area contributed by atoms with Crippen molar-refractivity contribution < 1.29 is 23.8 Å². The van der Waals surface area contributed by atoms with E-state index in [1.807, 2.05) is 17.5 Å². The number of nitrogens with zero attached hydrogens (tertiary/aromatic N) is 1. The fourth-order valence-corrected chi connectivity index (χ4v) is 4.47. The molecule has 0 saturated carbocycles. The summed E-state index contributed by atoms with van der Waals surface area (Å²) in [5, 5.41) is 4.71. The van der Waals surface area contributed by atoms with Crippen molar-refractivity contribution in [2.75, 3.05) is 18.5 Å². The Morgan fingerprint density at radius 3 is 2.81 bits per heavy atom. The normalized spacial score (nSPS) is 13.3. The van der Waals surface area contributed by atoms with Crippen molar-refractivity contribution in [1.82, 2.24) is 4.98 Å². The lowest BCUT2D eigenvalue weighted by molar-refractivity contribution is -0.123. The van der Waals surface area contributed by atoms with Gasteiger partial charge in [0.1, 0.15) is 13.2 Å². The van der Waals surface area contributed by atoms with E-state index in [-0.39, 0.29) is 0 Å². The zero-order valence-corrected chi connectivity index (χ0v) is 18.3. The first-order chi connectivity index (χ1) is 15.1. The lowest BCUT2D eigenvalue weighted by Gasteiger charge is -2.19. The molecular weight excluding hydrogens is 436 g/mol. The summed E-state index contributed by atoms with van der Waals surface area (Å²) in [5.41, 5.74) is 3.68. The van der Waals surface area contributed by atoms with E-state index in [4.69, 9.17) is 14.2 Å². The number of anilines is 1. The minimum atomic E-state index is -0.975. The molecule has 1 aromatic heterocycles. The molecule has 0 bridgehead atoms. The average molecular weight is 457 g/mol. The van der Waals surface area contributed by atoms with Gasteiger partial charge in [-0.1, -0.05) is 12.1 Å². The highest BCUT2D eigenvalue weighted by molar-refractivity contribution is 7.98. The molecule has 7 nitrogen and oxygen atoms in total. The summed E-state index contributed by atoms with van der Waals surface area (Å²) >= 11 is 3.03. The molecule has 1 aliphatic heterocycles. The summed E-state index contributed by atoms with van der Waals surface area (Å²) in [5.74, 6) is 0.868. The van der Waals surface area contributed by atoms with Gasteiger partial charge in [0.15, 0.2) is 17.6 Å². The quantitative estimate of drug-likeness (QED) is 0.417. The lowest BCUT2D eigenvalue weighted by atomic mass is 10.2. The fourth-order valence-electron chi connectivity index (χ4n) is 2.86. The third kappa shape index (κ3) is 5.36. The van der Waals surface area contributed by atoms with E-state index in [1.54, 1.807) is 35.8 Å². The van der Waals surface area contributed by atoms with Crippen LogP contribution in [0.3, 0.4) is 0 Å². The first-order valence-electron chi connectivity index (χ1n) is 9.60. The Hall–Kier alpha value is -3.04. The zero-order chi connectivity index (χ0) is 21.6. The number of amides is 1. The van der Waals surface area contributed by atoms with Gasteiger partial charge in [-0.25, -0.2) is 9.78 Å². The van der Waals surface area contributed by atoms with Crippen molar-refractivity contribution in [1.29, 1.82) is 0 Å². The van der Waals surface area contributed by atoms with E-state index in [9.17, 15) is 9.59 Å². The molecule has 4 rings (SSSR count). The molecule has 1 unspecified atom stereocenters. The smallest absolute Gasteiger partial charge is 0.340 e. The number of carbonyl (C=O) groups excluding carboxylic acids is 2. The van der Waals surface area contributed by atoms with Crippen LogP contribution >= 0.6 is 23.1 Å². The number of carbonyl (C=O) groups is 2. The van der Waals surface area contributed by atoms with E-state index in [0.717, 1.165) is 10.6 Å². The Kier molecular flexibility index (Phi) is 6.73. The van der Waals surface area contributed by atoms with Gasteiger partial charge in [0.05, 0.1) is 16.8 Å². The molecule has 0 fully saturated rings. The van der Waals surface area contributed by atoms with E-state index < -0.39 is 18.0 Å². The Balaban J connectivity index is 1.37. The van der Waals surface area contributed by atoms with E-state index in [2.05, 4.69) is 10.3 Å². The molecule has 160 valence electrons. The molecule has 2 heterocycles. The van der Waals surface area contributed by atoms with Crippen LogP contribution in [0.2, 0.25) is 0 Å². The van der Waals surface area contributed by atoms with E-state index in [1.165, 1.54) is 30.0 Å². The van der Waals surface area contributed by atoms with Crippen molar-refractivity contribution in [3.63, 3.8) is 0 Å². The van der Waals surface area contributed by atoms with Gasteiger partial charge in [-0.3, -0.25) is 4.79 Å². The Labute approximate surface area is 187 Å². The van der Waals surface area contributed by atoms with Crippen molar-refractivity contribution in [2.45, 2.75) is 23.7 Å². The summed E-state index contributed by atoms with van der Waals surface area (Å²) in [4.78, 5) is 30.3. The van der Waals surface area contributed by atoms with Gasteiger partial charge in [-0.2, -0.15) is 0 Å². The highest BCUT2D eigenvalue weighted by Crippen LogP contribution is 2.32. The van der Waals surface area contributed by atoms with Gasteiger partial charge in [0, 0.05) is 27.8 Å². The summed E-state index contributed by atoms with van der Waals surface area (Å²) in [6.07, 6.45) is -0.975. The third-order valence-electron chi connectivity index (χ3n) is 4.43. The highest BCUT2D eigenvalue weighted by Gasteiger charge is 2.22. The molecule has 1 N–H and O–H groups in total. The predicted octanol–water partition coefficient (Wildman–Crippen LogP) is 4.39. The second-order valence-electron chi connectivity index (χ2n) is 6.66. The molecule has 2 aromatic carbocycles. The number of thiazole rings is 1. The number of hydrogen-bond donors (Lipinski definition) is 1. The molecule has 1 aliphatic rings. The first-order valence-corrected chi connectivity index (χ1v) is 11.5. The predicted molar refractivity (Wildman–Crippen MR) is 119 cm³/mol. The van der Waals surface area contributed by atoms with Crippen LogP contribution in [-0.4, -0.2) is 36.2 Å². The van der Waals surface area contributed by atoms with E-state index in [0.29, 0.717) is 41.7 Å². The molecule has 0 saturated heterocycles. The maximum absolute atomic E-state index is 12.7. The molecule has 9 heteroatoms. The molecule has 0 aliphatic carbocycles. The topological polar surface area (TPSA) is 86.8 Å². The van der Waals surface area contributed by atoms with Crippen molar-refractivity contribution in [3.05, 3.63) is 64.6 Å². The molecule has 3 aromatic rings. The molecule has 31 heavy (non-hydrogen) atoms. The number of thioether (sulfide) groups is 1. The summed E-state index contributed by atoms with van der Waals surface area (Å²) in [7, 11) is 0. The van der Waals surface area contributed by atoms with Crippen LogP contribution in [0, 0.1) is 0 Å². The van der Waals surface area contributed by atoms with Crippen molar-refractivity contribution in [2.24, 2.45) is 0 Å². The molecule has 0 radical (unpaired) electrons. The standard InChI is InChI=1S/C22H20N2O5S2/c1-14(21(25)24-15-6-7-18-19(10-15)28-9-8-27-18)29-22(26)17-4-2-3-5-20(17)31-12-16-11-30-13-23-16/h2-7,10-11,13-14H,8-9,12H2,1H3,(H,24,25). The van der Waals surface area contributed by atoms with Crippen LogP contribution in [0.5, 0.6) is 11.5 Å². The number of benzene rings is 2. The Bertz CT molecular complexity index is 1070. The van der Waals surface area contributed by atoms with Crippen LogP contribution in [-0.2, 0) is 15.3 Å². The summed E-state index contributed by atoms with van der Waals surface area (Å²) < 4.78 is 16.4. The second kappa shape index (κ2) is 9.84. The Morgan fingerprint density at radius 1 is 1.19 bits per heavy atom. The molecule has 1 atom stereocenters. The fraction of sp³-hybridized carbons (Fsp3) is 0.227. The number of ether oxygens (including phenoxy) is 3. The van der Waals surface area contributed by atoms with Gasteiger partial charge in [-0.05, 0) is 31.2 Å². The Morgan fingerprint density at radius 2 is 2.00 bits per heavy atom. The average Bonchev–Trinajstić information content (AvgIpc) is 3.31. The highest BCUT2D eigenvalue weighted by atomic mass is 32.2. The van der Waals surface area contributed by atoms with Crippen LogP contribution in [0.15, 0.2) is 58.3 Å². The van der Waals surface area contributed by atoms with Crippen molar-refractivity contribution >= 4 is 40.7 Å². The van der Waals surface area contributed by atoms with Gasteiger partial charge >= 0.3 is 5.97 Å². The van der Waals surface area contributed by atoms with Crippen LogP contribution in [0.25, 0.3) is 0 Å². The number of hydrogen-bond acceptors (Lipinski definition) is 8. The SMILES string of the molecule is CC(OC(=O)c1ccccc1SCc1cscn1)C(=O)Nc1ccc2c(c1)OCCO2. The van der Waals surface area contributed by atoms with E-state index >= 15 is 0 Å². The molecule has 0 spiro atoms. The minimum absolute atomic E-state index is 0.418. The minimum Gasteiger partial charge on any atom is -0.486 e. The number of rotatable bonds is 7. The zero-order valence-electron chi connectivity index (χ0n) is 16.7. The van der Waals surface area contributed by atoms with Gasteiger partial charge in [0.2, 0.25) is 0 Å². The van der Waals surface area contributed by atoms with Crippen LogP contribution in [0.1, 0.15) is 23.0 Å². The largest absolute Gasteiger partial charge is 0.486 e. The maximum atomic E-state index is 12.7. The number of nitrogens with one attached hydrogen (secondary N) is 1. The first kappa shape index (κ1) is 21.2. The van der Waals surface area contributed by atoms with Gasteiger partial charge in [0.25, 0.3) is 5.91 Å². The van der Waals surface area contributed by atoms with Gasteiger partial charge in [-0.15, -0.1) is 23.1 Å². The number of aromatic nitrogens is 1. The third-order valence-corrected chi connectivity index (χ3v) is 6.17. The molecular formula is C22H20N2O5S2. The summed E-state index contributed by atoms with van der Waals surface area (Å²) in [6.45, 7) is 2.49. The van der Waals surface area contributed by atoms with Crippen molar-refractivity contribution in [3.8, 4) is 11.5 Å². The lowest BCUT2D eigenvalue weighted by Crippen LogP contribution is -2.30. The monoisotopic (exact) mass is 456 g/mol. The molecule has 1 amide bonds.